The van der Waals surface area contributed by atoms with Crippen molar-refractivity contribution in [3.8, 4) is 16.3 Å². The molecule has 0 aliphatic heterocycles. The van der Waals surface area contributed by atoms with E-state index in [4.69, 9.17) is 32.7 Å². The van der Waals surface area contributed by atoms with Gasteiger partial charge in [-0.25, -0.2) is 9.78 Å². The summed E-state index contributed by atoms with van der Waals surface area (Å²) in [4.78, 5) is 17.4. The molecule has 9 heteroatoms. The summed E-state index contributed by atoms with van der Waals surface area (Å²) in [7, 11) is 0. The van der Waals surface area contributed by atoms with Crippen LogP contribution in [-0.2, 0) is 15.3 Å². The average Bonchev–Trinajstić information content (AvgIpc) is 3.19. The highest BCUT2D eigenvalue weighted by molar-refractivity contribution is 7.98. The van der Waals surface area contributed by atoms with Crippen LogP contribution in [0.4, 0.5) is 0 Å². The van der Waals surface area contributed by atoms with Gasteiger partial charge in [0, 0.05) is 10.5 Å². The van der Waals surface area contributed by atoms with Crippen molar-refractivity contribution in [3.63, 3.8) is 0 Å². The Labute approximate surface area is 193 Å². The molecule has 0 fully saturated rings. The Morgan fingerprint density at radius 2 is 2.00 bits per heavy atom. The number of aryl methyl sites for hydroxylation is 1. The normalized spacial score (nSPS) is 11.9. The molecule has 5 nitrogen and oxygen atoms in total. The Bertz CT molecular complexity index is 1040. The van der Waals surface area contributed by atoms with Gasteiger partial charge in [0.15, 0.2) is 11.9 Å². The van der Waals surface area contributed by atoms with Gasteiger partial charge in [-0.3, -0.25) is 0 Å². The van der Waals surface area contributed by atoms with E-state index in [1.54, 1.807) is 37.7 Å². The van der Waals surface area contributed by atoms with Crippen LogP contribution < -0.4 is 4.74 Å². The van der Waals surface area contributed by atoms with Gasteiger partial charge in [0.05, 0.1) is 22.4 Å². The summed E-state index contributed by atoms with van der Waals surface area (Å²) in [6, 6.07) is 11.3. The van der Waals surface area contributed by atoms with Gasteiger partial charge in [0.25, 0.3) is 0 Å². The lowest BCUT2D eigenvalue weighted by molar-refractivity contribution is -0.150. The van der Waals surface area contributed by atoms with Crippen LogP contribution in [0, 0.1) is 6.92 Å². The van der Waals surface area contributed by atoms with Gasteiger partial charge < -0.3 is 9.47 Å². The van der Waals surface area contributed by atoms with Crippen molar-refractivity contribution < 1.29 is 14.3 Å². The van der Waals surface area contributed by atoms with Crippen LogP contribution in [0.5, 0.6) is 5.75 Å². The Balaban J connectivity index is 1.61. The summed E-state index contributed by atoms with van der Waals surface area (Å²) in [5.74, 6) is 1.67. The largest absolute Gasteiger partial charge is 0.479 e. The second-order valence-corrected chi connectivity index (χ2v) is 8.99. The van der Waals surface area contributed by atoms with Crippen molar-refractivity contribution >= 4 is 52.5 Å². The van der Waals surface area contributed by atoms with Gasteiger partial charge in [-0.2, -0.15) is 4.37 Å². The zero-order valence-corrected chi connectivity index (χ0v) is 19.8. The summed E-state index contributed by atoms with van der Waals surface area (Å²) >= 11 is 15.0. The molecule has 0 saturated carbocycles. The lowest BCUT2D eigenvalue weighted by Gasteiger charge is -2.15. The number of nitrogens with zero attached hydrogens (tertiary/aromatic N) is 2. The average molecular weight is 483 g/mol. The van der Waals surface area contributed by atoms with Crippen LogP contribution in [0.2, 0.25) is 10.0 Å². The molecule has 3 rings (SSSR count). The molecule has 1 aromatic heterocycles. The number of ether oxygens (including phenoxy) is 2. The van der Waals surface area contributed by atoms with Crippen LogP contribution in [0.15, 0.2) is 41.3 Å². The summed E-state index contributed by atoms with van der Waals surface area (Å²) < 4.78 is 15.1. The Hall–Kier alpha value is -1.80. The van der Waals surface area contributed by atoms with E-state index < -0.39 is 6.10 Å². The topological polar surface area (TPSA) is 61.3 Å². The fourth-order valence-electron chi connectivity index (χ4n) is 2.55. The van der Waals surface area contributed by atoms with E-state index in [9.17, 15) is 4.79 Å². The predicted octanol–water partition coefficient (Wildman–Crippen LogP) is 6.44. The maximum absolute atomic E-state index is 11.7. The summed E-state index contributed by atoms with van der Waals surface area (Å²) in [6.45, 7) is 5.73. The Kier molecular flexibility index (Phi) is 7.99. The van der Waals surface area contributed by atoms with Crippen LogP contribution in [0.1, 0.15) is 25.2 Å². The van der Waals surface area contributed by atoms with Gasteiger partial charge in [0.1, 0.15) is 10.8 Å². The minimum atomic E-state index is -0.652. The number of hydrogen-bond acceptors (Lipinski definition) is 7. The van der Waals surface area contributed by atoms with E-state index in [1.807, 2.05) is 31.2 Å². The van der Waals surface area contributed by atoms with Gasteiger partial charge in [-0.15, -0.1) is 11.8 Å². The predicted molar refractivity (Wildman–Crippen MR) is 123 cm³/mol. The molecule has 0 bridgehead atoms. The standard InChI is InChI=1S/C21H20Cl2N2O3S2/c1-4-27-21(26)13(3)28-18-8-6-15(9-12(18)2)29-11-19-24-20(30-25-19)14-5-7-16(22)17(23)10-14/h5-10,13H,4,11H2,1-3H3. The van der Waals surface area contributed by atoms with Gasteiger partial charge in [0.2, 0.25) is 0 Å². The minimum Gasteiger partial charge on any atom is -0.479 e. The molecule has 0 radical (unpaired) electrons. The summed E-state index contributed by atoms with van der Waals surface area (Å²) in [5, 5.41) is 1.81. The molecule has 0 N–H and O–H groups in total. The van der Waals surface area contributed by atoms with Crippen LogP contribution in [-0.4, -0.2) is 28.0 Å². The van der Waals surface area contributed by atoms with E-state index in [0.717, 1.165) is 26.9 Å². The number of carbonyl (C=O) groups excluding carboxylic acids is 1. The van der Waals surface area contributed by atoms with Crippen molar-refractivity contribution in [3.05, 3.63) is 57.8 Å². The molecule has 0 saturated heterocycles. The molecule has 3 aromatic rings. The Morgan fingerprint density at radius 1 is 1.20 bits per heavy atom. The Morgan fingerprint density at radius 3 is 2.70 bits per heavy atom. The second kappa shape index (κ2) is 10.5. The molecule has 158 valence electrons. The maximum Gasteiger partial charge on any atom is 0.347 e. The summed E-state index contributed by atoms with van der Waals surface area (Å²) in [6.07, 6.45) is -0.652. The number of hydrogen-bond donors (Lipinski definition) is 0. The molecule has 0 spiro atoms. The molecule has 0 aliphatic rings. The first-order chi connectivity index (χ1) is 14.4. The number of benzene rings is 2. The number of rotatable bonds is 8. The third-order valence-electron chi connectivity index (χ3n) is 4.07. The molecular formula is C21H20Cl2N2O3S2. The number of thioether (sulfide) groups is 1. The monoisotopic (exact) mass is 482 g/mol. The molecule has 0 aliphatic carbocycles. The first kappa shape index (κ1) is 22.9. The number of carbonyl (C=O) groups is 1. The third kappa shape index (κ3) is 5.88. The molecular weight excluding hydrogens is 463 g/mol. The molecule has 2 aromatic carbocycles. The van der Waals surface area contributed by atoms with E-state index in [0.29, 0.717) is 28.2 Å². The van der Waals surface area contributed by atoms with Crippen LogP contribution in [0.25, 0.3) is 10.6 Å². The van der Waals surface area contributed by atoms with Gasteiger partial charge in [-0.1, -0.05) is 29.3 Å². The smallest absolute Gasteiger partial charge is 0.347 e. The fourth-order valence-corrected chi connectivity index (χ4v) is 4.45. The van der Waals surface area contributed by atoms with Gasteiger partial charge >= 0.3 is 5.97 Å². The van der Waals surface area contributed by atoms with Crippen molar-refractivity contribution in [1.29, 1.82) is 0 Å². The lowest BCUT2D eigenvalue weighted by atomic mass is 10.2. The van der Waals surface area contributed by atoms with Gasteiger partial charge in [-0.05, 0) is 68.2 Å². The fraction of sp³-hybridized carbons (Fsp3) is 0.286. The molecule has 1 heterocycles. The van der Waals surface area contributed by atoms with Crippen molar-refractivity contribution in [2.24, 2.45) is 0 Å². The van der Waals surface area contributed by atoms with Crippen LogP contribution >= 0.6 is 46.5 Å². The second-order valence-electron chi connectivity index (χ2n) is 6.37. The zero-order valence-electron chi connectivity index (χ0n) is 16.6. The number of aromatic nitrogens is 2. The van der Waals surface area contributed by atoms with E-state index in [-0.39, 0.29) is 5.97 Å². The van der Waals surface area contributed by atoms with Crippen molar-refractivity contribution in [2.75, 3.05) is 6.61 Å². The highest BCUT2D eigenvalue weighted by Crippen LogP contribution is 2.31. The lowest BCUT2D eigenvalue weighted by Crippen LogP contribution is -2.26. The highest BCUT2D eigenvalue weighted by atomic mass is 35.5. The summed E-state index contributed by atoms with van der Waals surface area (Å²) in [5.41, 5.74) is 1.84. The first-order valence-corrected chi connectivity index (χ1v) is 11.7. The quantitative estimate of drug-likeness (QED) is 0.271. The molecule has 0 amide bonds. The molecule has 1 atom stereocenters. The first-order valence-electron chi connectivity index (χ1n) is 9.22. The number of esters is 1. The maximum atomic E-state index is 11.7. The highest BCUT2D eigenvalue weighted by Gasteiger charge is 2.17. The third-order valence-corrected chi connectivity index (χ3v) is 6.60. The van der Waals surface area contributed by atoms with E-state index in [1.165, 1.54) is 11.5 Å². The zero-order chi connectivity index (χ0) is 21.7. The van der Waals surface area contributed by atoms with E-state index in [2.05, 4.69) is 9.36 Å². The van der Waals surface area contributed by atoms with Crippen molar-refractivity contribution in [1.82, 2.24) is 9.36 Å². The minimum absolute atomic E-state index is 0.332. The molecule has 1 unspecified atom stereocenters. The SMILES string of the molecule is CCOC(=O)C(C)Oc1ccc(SCc2nsc(-c3ccc(Cl)c(Cl)c3)n2)cc1C. The van der Waals surface area contributed by atoms with E-state index >= 15 is 0 Å². The molecule has 30 heavy (non-hydrogen) atoms. The van der Waals surface area contributed by atoms with Crippen molar-refractivity contribution in [2.45, 2.75) is 37.5 Å². The van der Waals surface area contributed by atoms with Crippen LogP contribution in [0.3, 0.4) is 0 Å². The number of halogens is 2.